The van der Waals surface area contributed by atoms with Crippen LogP contribution in [0.4, 0.5) is 0 Å². The second-order valence-electron chi connectivity index (χ2n) is 5.34. The Balaban J connectivity index is 1.98. The molecule has 2 aliphatic rings. The molecule has 0 aromatic heterocycles. The highest BCUT2D eigenvalue weighted by Gasteiger charge is 2.39. The van der Waals surface area contributed by atoms with Crippen LogP contribution in [0, 0.1) is 11.8 Å². The van der Waals surface area contributed by atoms with E-state index in [2.05, 4.69) is 19.2 Å². The maximum absolute atomic E-state index is 3.80. The van der Waals surface area contributed by atoms with Crippen molar-refractivity contribution in [1.82, 2.24) is 5.32 Å². The van der Waals surface area contributed by atoms with Gasteiger partial charge >= 0.3 is 0 Å². The van der Waals surface area contributed by atoms with Crippen LogP contribution in [0.5, 0.6) is 0 Å². The first-order chi connectivity index (χ1) is 6.23. The molecule has 1 aliphatic heterocycles. The molecule has 1 heteroatoms. The summed E-state index contributed by atoms with van der Waals surface area (Å²) in [5, 5.41) is 3.80. The SMILES string of the molecule is CC(C)C1(CC2CC2)CCCCN1. The largest absolute Gasteiger partial charge is 0.311 e. The van der Waals surface area contributed by atoms with Gasteiger partial charge in [-0.1, -0.05) is 33.1 Å². The maximum atomic E-state index is 3.80. The molecule has 1 atom stereocenters. The van der Waals surface area contributed by atoms with E-state index in [0.29, 0.717) is 5.54 Å². The van der Waals surface area contributed by atoms with Gasteiger partial charge in [-0.25, -0.2) is 0 Å². The summed E-state index contributed by atoms with van der Waals surface area (Å²) >= 11 is 0. The third-order valence-electron chi connectivity index (χ3n) is 3.98. The number of hydrogen-bond acceptors (Lipinski definition) is 1. The lowest BCUT2D eigenvalue weighted by atomic mass is 9.76. The quantitative estimate of drug-likeness (QED) is 0.706. The molecule has 0 aromatic rings. The second kappa shape index (κ2) is 3.61. The molecule has 0 spiro atoms. The van der Waals surface area contributed by atoms with Gasteiger partial charge in [-0.15, -0.1) is 0 Å². The predicted octanol–water partition coefficient (Wildman–Crippen LogP) is 2.95. The van der Waals surface area contributed by atoms with Crippen LogP contribution < -0.4 is 5.32 Å². The Kier molecular flexibility index (Phi) is 2.64. The first-order valence-electron chi connectivity index (χ1n) is 5.98. The molecule has 0 aromatic carbocycles. The van der Waals surface area contributed by atoms with Crippen LogP contribution in [0.1, 0.15) is 52.4 Å². The van der Waals surface area contributed by atoms with Crippen molar-refractivity contribution in [2.75, 3.05) is 6.54 Å². The van der Waals surface area contributed by atoms with E-state index >= 15 is 0 Å². The summed E-state index contributed by atoms with van der Waals surface area (Å²) in [6.07, 6.45) is 8.69. The summed E-state index contributed by atoms with van der Waals surface area (Å²) in [7, 11) is 0. The summed E-state index contributed by atoms with van der Waals surface area (Å²) in [6.45, 7) is 6.03. The van der Waals surface area contributed by atoms with E-state index in [0.717, 1.165) is 11.8 Å². The smallest absolute Gasteiger partial charge is 0.0207 e. The van der Waals surface area contributed by atoms with Crippen LogP contribution in [-0.2, 0) is 0 Å². The van der Waals surface area contributed by atoms with Gasteiger partial charge < -0.3 is 5.32 Å². The van der Waals surface area contributed by atoms with Crippen molar-refractivity contribution in [3.8, 4) is 0 Å². The number of rotatable bonds is 3. The number of hydrogen-bond donors (Lipinski definition) is 1. The van der Waals surface area contributed by atoms with Crippen molar-refractivity contribution in [2.45, 2.75) is 57.9 Å². The highest BCUT2D eigenvalue weighted by atomic mass is 15.0. The van der Waals surface area contributed by atoms with Gasteiger partial charge in [-0.2, -0.15) is 0 Å². The predicted molar refractivity (Wildman–Crippen MR) is 56.8 cm³/mol. The molecule has 2 fully saturated rings. The Morgan fingerprint density at radius 1 is 1.31 bits per heavy atom. The molecule has 0 radical (unpaired) electrons. The molecule has 2 rings (SSSR count). The van der Waals surface area contributed by atoms with E-state index in [1.54, 1.807) is 0 Å². The van der Waals surface area contributed by atoms with Crippen molar-refractivity contribution in [3.05, 3.63) is 0 Å². The zero-order valence-corrected chi connectivity index (χ0v) is 9.10. The van der Waals surface area contributed by atoms with E-state index < -0.39 is 0 Å². The Bertz CT molecular complexity index is 164. The normalized spacial score (nSPS) is 35.3. The molecule has 0 bridgehead atoms. The van der Waals surface area contributed by atoms with Gasteiger partial charge in [-0.05, 0) is 37.6 Å². The van der Waals surface area contributed by atoms with Crippen molar-refractivity contribution in [2.24, 2.45) is 11.8 Å². The minimum Gasteiger partial charge on any atom is -0.311 e. The molecular formula is C12H23N. The van der Waals surface area contributed by atoms with Gasteiger partial charge in [0.15, 0.2) is 0 Å². The molecule has 76 valence electrons. The first kappa shape index (κ1) is 9.51. The number of nitrogens with one attached hydrogen (secondary N) is 1. The van der Waals surface area contributed by atoms with E-state index in [1.165, 1.54) is 45.1 Å². The van der Waals surface area contributed by atoms with E-state index in [4.69, 9.17) is 0 Å². The highest BCUT2D eigenvalue weighted by Crippen LogP contribution is 2.42. The third-order valence-corrected chi connectivity index (χ3v) is 3.98. The van der Waals surface area contributed by atoms with Crippen LogP contribution in [0.2, 0.25) is 0 Å². The van der Waals surface area contributed by atoms with Gasteiger partial charge in [0.25, 0.3) is 0 Å². The zero-order chi connectivity index (χ0) is 9.31. The molecule has 1 saturated carbocycles. The fourth-order valence-electron chi connectivity index (χ4n) is 2.73. The fraction of sp³-hybridized carbons (Fsp3) is 1.00. The van der Waals surface area contributed by atoms with Gasteiger partial charge in [-0.3, -0.25) is 0 Å². The fourth-order valence-corrected chi connectivity index (χ4v) is 2.73. The zero-order valence-electron chi connectivity index (χ0n) is 9.10. The van der Waals surface area contributed by atoms with Gasteiger partial charge in [0.2, 0.25) is 0 Å². The summed E-state index contributed by atoms with van der Waals surface area (Å²) in [5.41, 5.74) is 0.513. The topological polar surface area (TPSA) is 12.0 Å². The molecule has 1 heterocycles. The highest BCUT2D eigenvalue weighted by molar-refractivity contribution is 4.97. The van der Waals surface area contributed by atoms with Crippen LogP contribution >= 0.6 is 0 Å². The lowest BCUT2D eigenvalue weighted by molar-refractivity contribution is 0.161. The van der Waals surface area contributed by atoms with Gasteiger partial charge in [0.1, 0.15) is 0 Å². The van der Waals surface area contributed by atoms with Crippen molar-refractivity contribution >= 4 is 0 Å². The summed E-state index contributed by atoms with van der Waals surface area (Å²) in [6, 6.07) is 0. The molecule has 1 unspecified atom stereocenters. The standard InChI is InChI=1S/C12H23N/c1-10(2)12(9-11-5-6-11)7-3-4-8-13-12/h10-11,13H,3-9H2,1-2H3. The Labute approximate surface area is 82.3 Å². The minimum atomic E-state index is 0.513. The Morgan fingerprint density at radius 3 is 2.54 bits per heavy atom. The minimum absolute atomic E-state index is 0.513. The van der Waals surface area contributed by atoms with Gasteiger partial charge in [0.05, 0.1) is 0 Å². The van der Waals surface area contributed by atoms with Gasteiger partial charge in [0, 0.05) is 5.54 Å². The molecule has 1 N–H and O–H groups in total. The average Bonchev–Trinajstić information content (AvgIpc) is 2.90. The lowest BCUT2D eigenvalue weighted by Crippen LogP contribution is -2.52. The lowest BCUT2D eigenvalue weighted by Gasteiger charge is -2.42. The number of piperidine rings is 1. The van der Waals surface area contributed by atoms with Crippen molar-refractivity contribution in [1.29, 1.82) is 0 Å². The first-order valence-corrected chi connectivity index (χ1v) is 5.98. The molecule has 13 heavy (non-hydrogen) atoms. The summed E-state index contributed by atoms with van der Waals surface area (Å²) in [5.74, 6) is 1.88. The van der Waals surface area contributed by atoms with E-state index in [9.17, 15) is 0 Å². The molecule has 1 nitrogen and oxygen atoms in total. The van der Waals surface area contributed by atoms with Crippen molar-refractivity contribution in [3.63, 3.8) is 0 Å². The monoisotopic (exact) mass is 181 g/mol. The Morgan fingerprint density at radius 2 is 2.08 bits per heavy atom. The summed E-state index contributed by atoms with van der Waals surface area (Å²) < 4.78 is 0. The van der Waals surface area contributed by atoms with Crippen LogP contribution in [-0.4, -0.2) is 12.1 Å². The maximum Gasteiger partial charge on any atom is 0.0207 e. The average molecular weight is 181 g/mol. The second-order valence-corrected chi connectivity index (χ2v) is 5.34. The summed E-state index contributed by atoms with van der Waals surface area (Å²) in [4.78, 5) is 0. The molecule has 1 aliphatic carbocycles. The van der Waals surface area contributed by atoms with E-state index in [1.807, 2.05) is 0 Å². The van der Waals surface area contributed by atoms with Crippen LogP contribution in [0.15, 0.2) is 0 Å². The molecular weight excluding hydrogens is 158 g/mol. The molecule has 1 saturated heterocycles. The Hall–Kier alpha value is -0.0400. The van der Waals surface area contributed by atoms with Crippen LogP contribution in [0.25, 0.3) is 0 Å². The van der Waals surface area contributed by atoms with Crippen LogP contribution in [0.3, 0.4) is 0 Å². The molecule has 0 amide bonds. The third kappa shape index (κ3) is 2.07. The van der Waals surface area contributed by atoms with Crippen molar-refractivity contribution < 1.29 is 0 Å². The van der Waals surface area contributed by atoms with E-state index in [-0.39, 0.29) is 0 Å².